The predicted molar refractivity (Wildman–Crippen MR) is 149 cm³/mol. The highest BCUT2D eigenvalue weighted by Gasteiger charge is 2.36. The van der Waals surface area contributed by atoms with E-state index in [1.807, 2.05) is 0 Å². The van der Waals surface area contributed by atoms with E-state index >= 15 is 0 Å². The van der Waals surface area contributed by atoms with Crippen molar-refractivity contribution >= 4 is 36.8 Å². The number of hydrogen-bond acceptors (Lipinski definition) is 7. The molecule has 0 aliphatic heterocycles. The Morgan fingerprint density at radius 1 is 1.18 bits per heavy atom. The van der Waals surface area contributed by atoms with Gasteiger partial charge in [0.05, 0.1) is 13.2 Å². The number of amides is 1. The van der Waals surface area contributed by atoms with E-state index in [1.165, 1.54) is 12.1 Å². The lowest BCUT2D eigenvalue weighted by Gasteiger charge is -2.35. The Hall–Kier alpha value is -2.94. The van der Waals surface area contributed by atoms with Crippen molar-refractivity contribution in [3.63, 3.8) is 0 Å². The number of ether oxygens (including phenoxy) is 2. The van der Waals surface area contributed by atoms with Crippen LogP contribution in [0.25, 0.3) is 0 Å². The third-order valence-corrected chi connectivity index (χ3v) is 11.3. The molecule has 208 valence electrons. The third kappa shape index (κ3) is 9.74. The van der Waals surface area contributed by atoms with Crippen LogP contribution in [0.4, 0.5) is 14.3 Å². The lowest BCUT2D eigenvalue weighted by molar-refractivity contribution is 0.0632. The van der Waals surface area contributed by atoms with Gasteiger partial charge in [0.25, 0.3) is 0 Å². The maximum Gasteiger partial charge on any atom is 0.413 e. The van der Waals surface area contributed by atoms with Gasteiger partial charge >= 0.3 is 12.1 Å². The smallest absolute Gasteiger partial charge is 0.413 e. The summed E-state index contributed by atoms with van der Waals surface area (Å²) in [6, 6.07) is 4.51. The molecule has 2 aromatic rings. The molecule has 2 rings (SSSR count). The minimum atomic E-state index is -1.89. The summed E-state index contributed by atoms with van der Waals surface area (Å²) in [5, 5.41) is 12.1. The molecule has 0 aliphatic rings. The van der Waals surface area contributed by atoms with Gasteiger partial charge in [0.2, 0.25) is 0 Å². The summed E-state index contributed by atoms with van der Waals surface area (Å²) < 4.78 is 31.3. The van der Waals surface area contributed by atoms with E-state index in [-0.39, 0.29) is 28.2 Å². The highest BCUT2D eigenvalue weighted by atomic mass is 32.1. The van der Waals surface area contributed by atoms with Crippen LogP contribution in [-0.2, 0) is 15.6 Å². The Morgan fingerprint density at radius 2 is 1.87 bits per heavy atom. The van der Waals surface area contributed by atoms with Gasteiger partial charge in [-0.1, -0.05) is 32.6 Å². The van der Waals surface area contributed by atoms with Crippen LogP contribution in [0.2, 0.25) is 18.1 Å². The minimum absolute atomic E-state index is 0.0862. The van der Waals surface area contributed by atoms with Crippen LogP contribution in [-0.4, -0.2) is 49.3 Å². The zero-order chi connectivity index (χ0) is 28.7. The topological polar surface area (TPSA) is 107 Å². The summed E-state index contributed by atoms with van der Waals surface area (Å²) in [6.07, 6.45) is 0.0271. The first-order valence-corrected chi connectivity index (χ1v) is 16.0. The largest absolute Gasteiger partial charge is 0.491 e. The monoisotopic (exact) mass is 564 g/mol. The third-order valence-electron chi connectivity index (χ3n) is 5.79. The summed E-state index contributed by atoms with van der Waals surface area (Å²) in [4.78, 5) is 28.0. The van der Waals surface area contributed by atoms with Crippen LogP contribution < -0.4 is 10.1 Å². The molecule has 38 heavy (non-hydrogen) atoms. The van der Waals surface area contributed by atoms with Crippen LogP contribution >= 0.6 is 11.3 Å². The Kier molecular flexibility index (Phi) is 10.5. The predicted octanol–water partition coefficient (Wildman–Crippen LogP) is 6.71. The van der Waals surface area contributed by atoms with Crippen molar-refractivity contribution in [3.05, 3.63) is 40.2 Å². The van der Waals surface area contributed by atoms with Crippen molar-refractivity contribution in [1.29, 1.82) is 0 Å². The summed E-state index contributed by atoms with van der Waals surface area (Å²) >= 11 is 1.05. The molecular weight excluding hydrogens is 527 g/mol. The highest BCUT2D eigenvalue weighted by Crippen LogP contribution is 2.36. The number of nitrogens with zero attached hydrogens (tertiary/aromatic N) is 1. The highest BCUT2D eigenvalue weighted by molar-refractivity contribution is 7.16. The average Bonchev–Trinajstić information content (AvgIpc) is 3.16. The quantitative estimate of drug-likeness (QED) is 0.198. The van der Waals surface area contributed by atoms with Crippen molar-refractivity contribution in [3.8, 4) is 17.6 Å². The normalized spacial score (nSPS) is 11.9. The molecular formula is C27H37FN2O6SSi. The zero-order valence-electron chi connectivity index (χ0n) is 23.3. The molecule has 1 heterocycles. The molecule has 1 amide bonds. The number of aromatic carboxylic acids is 1. The second kappa shape index (κ2) is 12.7. The molecule has 0 radical (unpaired) electrons. The van der Waals surface area contributed by atoms with Crippen molar-refractivity contribution < 1.29 is 33.0 Å². The van der Waals surface area contributed by atoms with Gasteiger partial charge < -0.3 is 19.0 Å². The number of rotatable bonds is 9. The number of carboxylic acid groups (broad SMARTS) is 1. The standard InChI is InChI=1S/C27H37FN2O6SSi/c1-26(2,3)36-25(33)30-24-29-22(23(31)32)21(37-24)12-10-15-34-20-14-13-18(17-19(20)28)11-9-16-35-38(7,8)27(4,5)6/h13-14,17H,10,12,15-16H2,1-8H3,(H,31,32)(H,29,30,33). The number of thiazole rings is 1. The Labute approximate surface area is 229 Å². The molecule has 1 aromatic heterocycles. The van der Waals surface area contributed by atoms with Crippen LogP contribution in [0.3, 0.4) is 0 Å². The molecule has 11 heteroatoms. The molecule has 0 spiro atoms. The maximum atomic E-state index is 14.5. The fraction of sp³-hybridized carbons (Fsp3) is 0.519. The number of carbonyl (C=O) groups is 2. The summed E-state index contributed by atoms with van der Waals surface area (Å²) in [6.45, 7) is 16.4. The summed E-state index contributed by atoms with van der Waals surface area (Å²) in [5.41, 5.74) is -0.321. The fourth-order valence-electron chi connectivity index (χ4n) is 2.81. The van der Waals surface area contributed by atoms with Gasteiger partial charge in [-0.3, -0.25) is 5.32 Å². The lowest BCUT2D eigenvalue weighted by Crippen LogP contribution is -2.40. The van der Waals surface area contributed by atoms with E-state index in [4.69, 9.17) is 13.9 Å². The number of halogens is 1. The molecule has 0 saturated heterocycles. The Bertz CT molecular complexity index is 1200. The van der Waals surface area contributed by atoms with Crippen molar-refractivity contribution in [2.45, 2.75) is 78.1 Å². The van der Waals surface area contributed by atoms with E-state index in [2.05, 4.69) is 56.0 Å². The van der Waals surface area contributed by atoms with Gasteiger partial charge in [-0.05, 0) is 69.9 Å². The molecule has 0 atom stereocenters. The maximum absolute atomic E-state index is 14.5. The van der Waals surface area contributed by atoms with Gasteiger partial charge in [0.15, 0.2) is 30.7 Å². The van der Waals surface area contributed by atoms with E-state index in [0.29, 0.717) is 29.9 Å². The first-order chi connectivity index (χ1) is 17.5. The van der Waals surface area contributed by atoms with Crippen LogP contribution in [0, 0.1) is 17.7 Å². The number of benzene rings is 1. The second-order valence-electron chi connectivity index (χ2n) is 11.2. The molecule has 0 unspecified atom stereocenters. The molecule has 0 bridgehead atoms. The molecule has 1 aromatic carbocycles. The van der Waals surface area contributed by atoms with Crippen LogP contribution in [0.15, 0.2) is 18.2 Å². The minimum Gasteiger partial charge on any atom is -0.491 e. The molecule has 2 N–H and O–H groups in total. The average molecular weight is 565 g/mol. The van der Waals surface area contributed by atoms with Crippen molar-refractivity contribution in [2.75, 3.05) is 18.5 Å². The van der Waals surface area contributed by atoms with Crippen LogP contribution in [0.1, 0.15) is 68.9 Å². The summed E-state index contributed by atoms with van der Waals surface area (Å²) in [7, 11) is -1.89. The first kappa shape index (κ1) is 31.3. The van der Waals surface area contributed by atoms with Gasteiger partial charge in [-0.25, -0.2) is 19.0 Å². The van der Waals surface area contributed by atoms with E-state index in [1.54, 1.807) is 26.8 Å². The van der Waals surface area contributed by atoms with E-state index in [0.717, 1.165) is 11.3 Å². The zero-order valence-corrected chi connectivity index (χ0v) is 25.1. The number of hydrogen-bond donors (Lipinski definition) is 2. The van der Waals surface area contributed by atoms with E-state index < -0.39 is 31.8 Å². The van der Waals surface area contributed by atoms with Crippen LogP contribution in [0.5, 0.6) is 5.75 Å². The van der Waals surface area contributed by atoms with E-state index in [9.17, 15) is 19.1 Å². The Morgan fingerprint density at radius 3 is 2.45 bits per heavy atom. The molecule has 0 fully saturated rings. The van der Waals surface area contributed by atoms with Gasteiger partial charge in [0.1, 0.15) is 5.60 Å². The number of anilines is 1. The molecule has 0 saturated carbocycles. The number of aryl methyl sites for hydroxylation is 1. The van der Waals surface area contributed by atoms with Gasteiger partial charge in [-0.2, -0.15) is 0 Å². The van der Waals surface area contributed by atoms with Gasteiger partial charge in [-0.15, -0.1) is 11.3 Å². The summed E-state index contributed by atoms with van der Waals surface area (Å²) in [5.74, 6) is 4.23. The SMILES string of the molecule is CC(C)(C)OC(=O)Nc1nc(C(=O)O)c(CCCOc2ccc(C#CCO[Si](C)(C)C(C)(C)C)cc2F)s1. The van der Waals surface area contributed by atoms with Crippen molar-refractivity contribution in [2.24, 2.45) is 0 Å². The first-order valence-electron chi connectivity index (χ1n) is 12.3. The Balaban J connectivity index is 1.91. The number of aromatic nitrogens is 1. The fourth-order valence-corrected chi connectivity index (χ4v) is 4.66. The second-order valence-corrected chi connectivity index (χ2v) is 17.1. The number of nitrogens with one attached hydrogen (secondary N) is 1. The molecule has 0 aliphatic carbocycles. The number of carboxylic acids is 1. The van der Waals surface area contributed by atoms with Gasteiger partial charge in [0, 0.05) is 10.4 Å². The van der Waals surface area contributed by atoms with Crippen molar-refractivity contribution in [1.82, 2.24) is 4.98 Å². The molecule has 8 nitrogen and oxygen atoms in total. The number of carbonyl (C=O) groups excluding carboxylic acids is 1. The lowest BCUT2D eigenvalue weighted by atomic mass is 10.2.